The highest BCUT2D eigenvalue weighted by atomic mass is 15.2. The van der Waals surface area contributed by atoms with Crippen LogP contribution in [0.5, 0.6) is 0 Å². The van der Waals surface area contributed by atoms with E-state index in [4.69, 9.17) is 0 Å². The van der Waals surface area contributed by atoms with Crippen LogP contribution in [0.3, 0.4) is 0 Å². The smallest absolute Gasteiger partial charge is 0.180 e. The van der Waals surface area contributed by atoms with Crippen molar-refractivity contribution in [3.63, 3.8) is 0 Å². The molecule has 0 radical (unpaired) electrons. The van der Waals surface area contributed by atoms with E-state index in [9.17, 15) is 0 Å². The van der Waals surface area contributed by atoms with Gasteiger partial charge < -0.3 is 0 Å². The van der Waals surface area contributed by atoms with E-state index in [-0.39, 0.29) is 5.41 Å². The summed E-state index contributed by atoms with van der Waals surface area (Å²) in [6.45, 7) is 4.50. The predicted octanol–water partition coefficient (Wildman–Crippen LogP) is 3.56. The predicted molar refractivity (Wildman–Crippen MR) is 94.8 cm³/mol. The average molecular weight is 328 g/mol. The largest absolute Gasteiger partial charge is 0.265 e. The Kier molecular flexibility index (Phi) is 2.74. The molecular weight excluding hydrogens is 312 g/mol. The summed E-state index contributed by atoms with van der Waals surface area (Å²) < 4.78 is 0. The van der Waals surface area contributed by atoms with Crippen LogP contribution in [0.4, 0.5) is 0 Å². The highest BCUT2D eigenvalue weighted by molar-refractivity contribution is 5.84. The van der Waals surface area contributed by atoms with Crippen molar-refractivity contribution in [2.45, 2.75) is 19.3 Å². The van der Waals surface area contributed by atoms with Gasteiger partial charge in [0.05, 0.1) is 0 Å². The zero-order valence-corrected chi connectivity index (χ0v) is 13.9. The number of rotatable bonds is 2. The van der Waals surface area contributed by atoms with Gasteiger partial charge in [0.2, 0.25) is 0 Å². The Labute approximate surface area is 144 Å². The number of aromatic nitrogens is 6. The SMILES string of the molecule is CC1(C)c2cc(-c3nc[nH]n3)ccc2-c2ccc(-c3nc[nH]n3)cc21. The molecule has 0 saturated heterocycles. The minimum Gasteiger partial charge on any atom is -0.265 e. The fourth-order valence-corrected chi connectivity index (χ4v) is 3.71. The molecule has 0 saturated carbocycles. The number of fused-ring (bicyclic) bond motifs is 3. The Hall–Kier alpha value is -3.28. The Morgan fingerprint density at radius 1 is 0.720 bits per heavy atom. The molecule has 1 aliphatic rings. The first-order valence-corrected chi connectivity index (χ1v) is 8.16. The van der Waals surface area contributed by atoms with Crippen LogP contribution >= 0.6 is 0 Å². The van der Waals surface area contributed by atoms with Crippen molar-refractivity contribution in [1.29, 1.82) is 0 Å². The van der Waals surface area contributed by atoms with Crippen molar-refractivity contribution < 1.29 is 0 Å². The van der Waals surface area contributed by atoms with Gasteiger partial charge in [0.1, 0.15) is 12.7 Å². The second-order valence-corrected chi connectivity index (χ2v) is 6.79. The molecule has 5 rings (SSSR count). The minimum atomic E-state index is -0.108. The third-order valence-corrected chi connectivity index (χ3v) is 5.02. The number of nitrogens with one attached hydrogen (secondary N) is 2. The average Bonchev–Trinajstić information content (AvgIpc) is 3.36. The van der Waals surface area contributed by atoms with E-state index in [1.54, 1.807) is 12.7 Å². The van der Waals surface area contributed by atoms with Gasteiger partial charge in [-0.2, -0.15) is 10.2 Å². The standard InChI is InChI=1S/C19H16N6/c1-19(2)15-7-11(17-20-9-22-24-17)3-5-13(15)14-6-4-12(8-16(14)19)18-21-10-23-25-18/h3-10H,1-2H3,(H,20,22,24)(H,21,23,25). The molecule has 0 unspecified atom stereocenters. The third kappa shape index (κ3) is 1.97. The maximum absolute atomic E-state index is 4.27. The fourth-order valence-electron chi connectivity index (χ4n) is 3.71. The lowest BCUT2D eigenvalue weighted by atomic mass is 9.81. The van der Waals surface area contributed by atoms with Gasteiger partial charge in [0.15, 0.2) is 11.6 Å². The first-order valence-electron chi connectivity index (χ1n) is 8.16. The summed E-state index contributed by atoms with van der Waals surface area (Å²) in [6.07, 6.45) is 3.21. The van der Waals surface area contributed by atoms with Crippen LogP contribution in [0, 0.1) is 0 Å². The molecule has 122 valence electrons. The van der Waals surface area contributed by atoms with Crippen molar-refractivity contribution in [3.05, 3.63) is 60.2 Å². The summed E-state index contributed by atoms with van der Waals surface area (Å²) in [5, 5.41) is 14.0. The molecule has 1 aliphatic carbocycles. The van der Waals surface area contributed by atoms with Crippen molar-refractivity contribution in [2.24, 2.45) is 0 Å². The second-order valence-electron chi connectivity index (χ2n) is 6.79. The van der Waals surface area contributed by atoms with Crippen LogP contribution in [0.25, 0.3) is 33.9 Å². The van der Waals surface area contributed by atoms with Gasteiger partial charge in [-0.1, -0.05) is 38.1 Å². The summed E-state index contributed by atoms with van der Waals surface area (Å²) in [5.41, 5.74) is 7.05. The van der Waals surface area contributed by atoms with Crippen LogP contribution in [0.1, 0.15) is 25.0 Å². The number of H-pyrrole nitrogens is 2. The molecule has 0 fully saturated rings. The third-order valence-electron chi connectivity index (χ3n) is 5.02. The van der Waals surface area contributed by atoms with E-state index in [2.05, 4.69) is 80.6 Å². The van der Waals surface area contributed by atoms with Gasteiger partial charge >= 0.3 is 0 Å². The Morgan fingerprint density at radius 3 is 1.60 bits per heavy atom. The van der Waals surface area contributed by atoms with Gasteiger partial charge in [-0.15, -0.1) is 0 Å². The molecule has 6 nitrogen and oxygen atoms in total. The number of nitrogens with zero attached hydrogens (tertiary/aromatic N) is 4. The lowest BCUT2D eigenvalue weighted by molar-refractivity contribution is 0.660. The molecule has 2 aromatic carbocycles. The molecule has 0 atom stereocenters. The molecule has 0 spiro atoms. The van der Waals surface area contributed by atoms with E-state index in [1.165, 1.54) is 22.3 Å². The summed E-state index contributed by atoms with van der Waals surface area (Å²) in [6, 6.07) is 12.9. The lowest BCUT2D eigenvalue weighted by Gasteiger charge is -2.22. The van der Waals surface area contributed by atoms with Gasteiger partial charge in [0, 0.05) is 16.5 Å². The maximum Gasteiger partial charge on any atom is 0.180 e. The minimum absolute atomic E-state index is 0.108. The molecule has 2 heterocycles. The van der Waals surface area contributed by atoms with Gasteiger partial charge in [-0.05, 0) is 34.4 Å². The molecule has 2 aromatic heterocycles. The van der Waals surface area contributed by atoms with Gasteiger partial charge in [-0.3, -0.25) is 10.2 Å². The van der Waals surface area contributed by atoms with Crippen molar-refractivity contribution in [2.75, 3.05) is 0 Å². The van der Waals surface area contributed by atoms with Crippen LogP contribution in [0.2, 0.25) is 0 Å². The first kappa shape index (κ1) is 14.1. The van der Waals surface area contributed by atoms with Gasteiger partial charge in [0.25, 0.3) is 0 Å². The summed E-state index contributed by atoms with van der Waals surface area (Å²) in [5.74, 6) is 1.44. The first-order chi connectivity index (χ1) is 12.1. The van der Waals surface area contributed by atoms with Crippen molar-refractivity contribution in [1.82, 2.24) is 30.4 Å². The fraction of sp³-hybridized carbons (Fsp3) is 0.158. The topological polar surface area (TPSA) is 83.1 Å². The van der Waals surface area contributed by atoms with E-state index in [0.29, 0.717) is 0 Å². The molecule has 0 bridgehead atoms. The molecule has 0 aliphatic heterocycles. The second kappa shape index (κ2) is 4.86. The van der Waals surface area contributed by atoms with E-state index >= 15 is 0 Å². The lowest BCUT2D eigenvalue weighted by Crippen LogP contribution is -2.15. The molecular formula is C19H16N6. The molecule has 25 heavy (non-hydrogen) atoms. The summed E-state index contributed by atoms with van der Waals surface area (Å²) >= 11 is 0. The zero-order valence-electron chi connectivity index (χ0n) is 13.9. The van der Waals surface area contributed by atoms with E-state index in [0.717, 1.165) is 22.8 Å². The molecule has 6 heteroatoms. The van der Waals surface area contributed by atoms with Crippen LogP contribution in [-0.4, -0.2) is 30.4 Å². The molecule has 4 aromatic rings. The zero-order chi connectivity index (χ0) is 17.0. The Bertz CT molecular complexity index is 976. The Balaban J connectivity index is 1.68. The number of aromatic amines is 2. The van der Waals surface area contributed by atoms with Gasteiger partial charge in [-0.25, -0.2) is 9.97 Å². The number of hydrogen-bond acceptors (Lipinski definition) is 4. The van der Waals surface area contributed by atoms with Crippen molar-refractivity contribution in [3.8, 4) is 33.9 Å². The monoisotopic (exact) mass is 328 g/mol. The van der Waals surface area contributed by atoms with Crippen LogP contribution in [0.15, 0.2) is 49.1 Å². The highest BCUT2D eigenvalue weighted by Crippen LogP contribution is 2.50. The van der Waals surface area contributed by atoms with E-state index in [1.807, 2.05) is 0 Å². The summed E-state index contributed by atoms with van der Waals surface area (Å²) in [7, 11) is 0. The van der Waals surface area contributed by atoms with Crippen LogP contribution in [-0.2, 0) is 5.41 Å². The van der Waals surface area contributed by atoms with Crippen LogP contribution < -0.4 is 0 Å². The van der Waals surface area contributed by atoms with E-state index < -0.39 is 0 Å². The number of hydrogen-bond donors (Lipinski definition) is 2. The normalized spacial score (nSPS) is 14.3. The Morgan fingerprint density at radius 2 is 1.20 bits per heavy atom. The quantitative estimate of drug-likeness (QED) is 0.589. The summed E-state index contributed by atoms with van der Waals surface area (Å²) in [4.78, 5) is 8.54. The highest BCUT2D eigenvalue weighted by Gasteiger charge is 2.36. The molecule has 2 N–H and O–H groups in total. The number of benzene rings is 2. The van der Waals surface area contributed by atoms with Crippen molar-refractivity contribution >= 4 is 0 Å². The maximum atomic E-state index is 4.27. The molecule has 0 amide bonds.